The van der Waals surface area contributed by atoms with Crippen LogP contribution in [0.2, 0.25) is 0 Å². The largest absolute Gasteiger partial charge is 0.374 e. The lowest BCUT2D eigenvalue weighted by molar-refractivity contribution is 0.239. The zero-order valence-electron chi connectivity index (χ0n) is 10.9. The van der Waals surface area contributed by atoms with Crippen molar-refractivity contribution < 1.29 is 0 Å². The normalized spacial score (nSPS) is 21.2. The van der Waals surface area contributed by atoms with Gasteiger partial charge in [-0.1, -0.05) is 18.6 Å². The van der Waals surface area contributed by atoms with E-state index in [0.717, 1.165) is 6.54 Å². The molecule has 1 saturated carbocycles. The molecule has 17 heavy (non-hydrogen) atoms. The van der Waals surface area contributed by atoms with Crippen molar-refractivity contribution in [2.45, 2.75) is 31.1 Å². The Morgan fingerprint density at radius 1 is 1.35 bits per heavy atom. The summed E-state index contributed by atoms with van der Waals surface area (Å²) in [6, 6.07) is 7.15. The summed E-state index contributed by atoms with van der Waals surface area (Å²) in [6.07, 6.45) is 5.30. The quantitative estimate of drug-likeness (QED) is 0.857. The van der Waals surface area contributed by atoms with Crippen LogP contribution < -0.4 is 10.2 Å². The first kappa shape index (κ1) is 11.1. The Balaban J connectivity index is 1.94. The lowest BCUT2D eigenvalue weighted by Gasteiger charge is -2.42. The van der Waals surface area contributed by atoms with Gasteiger partial charge in [0.25, 0.3) is 0 Å². The van der Waals surface area contributed by atoms with Gasteiger partial charge < -0.3 is 10.2 Å². The summed E-state index contributed by atoms with van der Waals surface area (Å²) in [4.78, 5) is 2.37. The van der Waals surface area contributed by atoms with Crippen LogP contribution >= 0.6 is 0 Å². The molecule has 1 aromatic rings. The second-order valence-electron chi connectivity index (χ2n) is 5.68. The van der Waals surface area contributed by atoms with E-state index in [9.17, 15) is 0 Å². The van der Waals surface area contributed by atoms with Crippen molar-refractivity contribution in [3.8, 4) is 0 Å². The molecule has 1 N–H and O–H groups in total. The highest BCUT2D eigenvalue weighted by molar-refractivity contribution is 5.59. The Morgan fingerprint density at radius 2 is 2.18 bits per heavy atom. The number of hydrogen-bond acceptors (Lipinski definition) is 2. The number of nitrogens with zero attached hydrogens (tertiary/aromatic N) is 1. The highest BCUT2D eigenvalue weighted by Crippen LogP contribution is 2.44. The van der Waals surface area contributed by atoms with Gasteiger partial charge in [0.05, 0.1) is 0 Å². The molecule has 0 atom stereocenters. The third kappa shape index (κ3) is 1.66. The number of likely N-dealkylation sites (N-methyl/N-ethyl adjacent to an activating group) is 2. The SMILES string of the molecule is CNCC1(c2ccc3c(c2)CCN3C)CCC1. The van der Waals surface area contributed by atoms with Gasteiger partial charge in [0.15, 0.2) is 0 Å². The predicted molar refractivity (Wildman–Crippen MR) is 72.9 cm³/mol. The van der Waals surface area contributed by atoms with Gasteiger partial charge in [0.2, 0.25) is 0 Å². The van der Waals surface area contributed by atoms with Crippen molar-refractivity contribution >= 4 is 5.69 Å². The van der Waals surface area contributed by atoms with Crippen LogP contribution in [0.3, 0.4) is 0 Å². The van der Waals surface area contributed by atoms with Crippen molar-refractivity contribution in [1.29, 1.82) is 0 Å². The third-order valence-electron chi connectivity index (χ3n) is 4.65. The molecule has 92 valence electrons. The van der Waals surface area contributed by atoms with Crippen LogP contribution in [0.15, 0.2) is 18.2 Å². The summed E-state index contributed by atoms with van der Waals surface area (Å²) >= 11 is 0. The van der Waals surface area contributed by atoms with E-state index in [4.69, 9.17) is 0 Å². The van der Waals surface area contributed by atoms with Crippen LogP contribution in [-0.4, -0.2) is 27.2 Å². The minimum absolute atomic E-state index is 0.435. The monoisotopic (exact) mass is 230 g/mol. The maximum absolute atomic E-state index is 3.38. The zero-order chi connectivity index (χ0) is 11.9. The summed E-state index contributed by atoms with van der Waals surface area (Å²) in [6.45, 7) is 2.31. The lowest BCUT2D eigenvalue weighted by atomic mass is 9.64. The van der Waals surface area contributed by atoms with E-state index in [1.165, 1.54) is 37.9 Å². The molecule has 3 rings (SSSR count). The molecular weight excluding hydrogens is 208 g/mol. The van der Waals surface area contributed by atoms with Crippen LogP contribution in [0.4, 0.5) is 5.69 Å². The fourth-order valence-electron chi connectivity index (χ4n) is 3.41. The molecule has 1 aliphatic carbocycles. The molecule has 0 aromatic heterocycles. The van der Waals surface area contributed by atoms with Crippen molar-refractivity contribution in [3.63, 3.8) is 0 Å². The molecule has 2 heteroatoms. The molecule has 1 heterocycles. The first-order valence-corrected chi connectivity index (χ1v) is 6.74. The Labute approximate surface area is 104 Å². The van der Waals surface area contributed by atoms with Gasteiger partial charge in [-0.15, -0.1) is 0 Å². The van der Waals surface area contributed by atoms with Gasteiger partial charge in [-0.2, -0.15) is 0 Å². The second kappa shape index (κ2) is 4.02. The first-order chi connectivity index (χ1) is 8.25. The van der Waals surface area contributed by atoms with E-state index in [1.54, 1.807) is 11.1 Å². The molecule has 1 aliphatic heterocycles. The van der Waals surface area contributed by atoms with Gasteiger partial charge in [0, 0.05) is 31.2 Å². The van der Waals surface area contributed by atoms with Crippen molar-refractivity contribution in [2.75, 3.05) is 32.1 Å². The fourth-order valence-corrected chi connectivity index (χ4v) is 3.41. The van der Waals surface area contributed by atoms with Gasteiger partial charge >= 0.3 is 0 Å². The lowest BCUT2D eigenvalue weighted by Crippen LogP contribution is -2.42. The summed E-state index contributed by atoms with van der Waals surface area (Å²) < 4.78 is 0. The summed E-state index contributed by atoms with van der Waals surface area (Å²) in [5, 5.41) is 3.38. The minimum Gasteiger partial charge on any atom is -0.374 e. The number of anilines is 1. The number of rotatable bonds is 3. The zero-order valence-corrected chi connectivity index (χ0v) is 10.9. The van der Waals surface area contributed by atoms with Crippen LogP contribution in [0.25, 0.3) is 0 Å². The van der Waals surface area contributed by atoms with E-state index in [1.807, 2.05) is 0 Å². The fraction of sp³-hybridized carbons (Fsp3) is 0.600. The average Bonchev–Trinajstić information content (AvgIpc) is 2.65. The minimum atomic E-state index is 0.435. The van der Waals surface area contributed by atoms with Crippen LogP contribution in [0.1, 0.15) is 30.4 Å². The van der Waals surface area contributed by atoms with Crippen molar-refractivity contribution in [1.82, 2.24) is 5.32 Å². The molecule has 0 amide bonds. The highest BCUT2D eigenvalue weighted by atomic mass is 15.1. The van der Waals surface area contributed by atoms with E-state index in [0.29, 0.717) is 5.41 Å². The van der Waals surface area contributed by atoms with Gasteiger partial charge in [-0.25, -0.2) is 0 Å². The molecule has 1 aromatic carbocycles. The van der Waals surface area contributed by atoms with Gasteiger partial charge in [0.1, 0.15) is 0 Å². The Kier molecular flexibility index (Phi) is 2.62. The Bertz CT molecular complexity index is 421. The van der Waals surface area contributed by atoms with E-state index in [-0.39, 0.29) is 0 Å². The van der Waals surface area contributed by atoms with E-state index in [2.05, 4.69) is 42.5 Å². The van der Waals surface area contributed by atoms with Gasteiger partial charge in [-0.05, 0) is 43.5 Å². The van der Waals surface area contributed by atoms with Crippen LogP contribution in [0.5, 0.6) is 0 Å². The van der Waals surface area contributed by atoms with Gasteiger partial charge in [-0.3, -0.25) is 0 Å². The number of nitrogens with one attached hydrogen (secondary N) is 1. The molecule has 0 saturated heterocycles. The van der Waals surface area contributed by atoms with E-state index >= 15 is 0 Å². The standard InChI is InChI=1S/C15H22N2/c1-16-11-15(7-3-8-15)13-4-5-14-12(10-13)6-9-17(14)2/h4-5,10,16H,3,6-9,11H2,1-2H3. The average molecular weight is 230 g/mol. The van der Waals surface area contributed by atoms with Crippen molar-refractivity contribution in [3.05, 3.63) is 29.3 Å². The van der Waals surface area contributed by atoms with E-state index < -0.39 is 0 Å². The Morgan fingerprint density at radius 3 is 2.82 bits per heavy atom. The maximum atomic E-state index is 3.38. The van der Waals surface area contributed by atoms with Crippen LogP contribution in [0, 0.1) is 0 Å². The molecule has 2 nitrogen and oxygen atoms in total. The summed E-state index contributed by atoms with van der Waals surface area (Å²) in [7, 11) is 4.26. The molecule has 1 fully saturated rings. The Hall–Kier alpha value is -1.02. The first-order valence-electron chi connectivity index (χ1n) is 6.74. The molecule has 0 spiro atoms. The number of hydrogen-bond donors (Lipinski definition) is 1. The van der Waals surface area contributed by atoms with Crippen molar-refractivity contribution in [2.24, 2.45) is 0 Å². The summed E-state index contributed by atoms with van der Waals surface area (Å²) in [5.74, 6) is 0. The highest BCUT2D eigenvalue weighted by Gasteiger charge is 2.38. The second-order valence-corrected chi connectivity index (χ2v) is 5.68. The third-order valence-corrected chi connectivity index (χ3v) is 4.65. The molecule has 0 bridgehead atoms. The molecular formula is C15H22N2. The topological polar surface area (TPSA) is 15.3 Å². The predicted octanol–water partition coefficient (Wildman–Crippen LogP) is 2.32. The molecule has 0 unspecified atom stereocenters. The number of fused-ring (bicyclic) bond motifs is 1. The maximum Gasteiger partial charge on any atom is 0.0397 e. The smallest absolute Gasteiger partial charge is 0.0397 e. The summed E-state index contributed by atoms with van der Waals surface area (Å²) in [5.41, 5.74) is 4.98. The number of benzene rings is 1. The van der Waals surface area contributed by atoms with Crippen LogP contribution in [-0.2, 0) is 11.8 Å². The molecule has 2 aliphatic rings. The molecule has 0 radical (unpaired) electrons.